The molecule has 0 aliphatic carbocycles. The number of carbonyl (C=O) groups is 1. The largest absolute Gasteiger partial charge is 0.495 e. The summed E-state index contributed by atoms with van der Waals surface area (Å²) in [6.07, 6.45) is 0. The van der Waals surface area contributed by atoms with Gasteiger partial charge in [-0.3, -0.25) is 9.48 Å². The van der Waals surface area contributed by atoms with E-state index < -0.39 is 0 Å². The van der Waals surface area contributed by atoms with E-state index in [0.29, 0.717) is 17.1 Å². The molecule has 2 aromatic rings. The number of anilines is 2. The summed E-state index contributed by atoms with van der Waals surface area (Å²) in [4.78, 5) is 12.1. The van der Waals surface area contributed by atoms with Crippen LogP contribution in [0.1, 0.15) is 11.4 Å². The summed E-state index contributed by atoms with van der Waals surface area (Å²) >= 11 is 3.37. The first-order valence-corrected chi connectivity index (χ1v) is 7.14. The van der Waals surface area contributed by atoms with Crippen LogP contribution in [-0.2, 0) is 11.3 Å². The molecule has 0 bridgehead atoms. The average molecular weight is 353 g/mol. The molecule has 1 aromatic heterocycles. The lowest BCUT2D eigenvalue weighted by molar-refractivity contribution is -0.116. The van der Waals surface area contributed by atoms with Crippen LogP contribution < -0.4 is 15.8 Å². The topological polar surface area (TPSA) is 82.2 Å². The third-order valence-corrected chi connectivity index (χ3v) is 3.82. The van der Waals surface area contributed by atoms with Crippen LogP contribution in [0.5, 0.6) is 5.75 Å². The zero-order chi connectivity index (χ0) is 15.6. The Labute approximate surface area is 131 Å². The lowest BCUT2D eigenvalue weighted by Crippen LogP contribution is -2.20. The van der Waals surface area contributed by atoms with E-state index in [4.69, 9.17) is 10.5 Å². The molecule has 0 aliphatic heterocycles. The average Bonchev–Trinajstić information content (AvgIpc) is 2.68. The summed E-state index contributed by atoms with van der Waals surface area (Å²) in [6, 6.07) is 5.35. The Kier molecular flexibility index (Phi) is 4.52. The van der Waals surface area contributed by atoms with Crippen molar-refractivity contribution in [3.8, 4) is 5.75 Å². The zero-order valence-electron chi connectivity index (χ0n) is 12.1. The van der Waals surface area contributed by atoms with Crippen LogP contribution in [0, 0.1) is 13.8 Å². The van der Waals surface area contributed by atoms with E-state index in [1.807, 2.05) is 19.9 Å². The van der Waals surface area contributed by atoms with Crippen molar-refractivity contribution >= 4 is 33.2 Å². The molecule has 0 atom stereocenters. The molecule has 0 spiro atoms. The Bertz CT molecular complexity index is 682. The molecule has 0 unspecified atom stereocenters. The van der Waals surface area contributed by atoms with Crippen LogP contribution in [0.2, 0.25) is 0 Å². The summed E-state index contributed by atoms with van der Waals surface area (Å²) in [7, 11) is 1.57. The van der Waals surface area contributed by atoms with Gasteiger partial charge >= 0.3 is 0 Å². The second kappa shape index (κ2) is 6.17. The molecule has 3 N–H and O–H groups in total. The van der Waals surface area contributed by atoms with Crippen LogP contribution in [0.15, 0.2) is 22.7 Å². The molecule has 112 valence electrons. The number of carbonyl (C=O) groups excluding carboxylic acids is 1. The summed E-state index contributed by atoms with van der Waals surface area (Å²) in [5, 5.41) is 7.04. The quantitative estimate of drug-likeness (QED) is 0.885. The van der Waals surface area contributed by atoms with Crippen molar-refractivity contribution in [2.24, 2.45) is 0 Å². The maximum absolute atomic E-state index is 12.1. The number of nitrogens with one attached hydrogen (secondary N) is 1. The third-order valence-electron chi connectivity index (χ3n) is 3.17. The first kappa shape index (κ1) is 15.4. The van der Waals surface area contributed by atoms with Gasteiger partial charge < -0.3 is 15.8 Å². The van der Waals surface area contributed by atoms with Crippen molar-refractivity contribution in [2.45, 2.75) is 20.4 Å². The molecular weight excluding hydrogens is 336 g/mol. The summed E-state index contributed by atoms with van der Waals surface area (Å²) < 4.78 is 7.61. The molecule has 1 amide bonds. The summed E-state index contributed by atoms with van der Waals surface area (Å²) in [6.45, 7) is 3.77. The molecular formula is C14H17BrN4O2. The van der Waals surface area contributed by atoms with Crippen molar-refractivity contribution in [3.63, 3.8) is 0 Å². The molecule has 1 aromatic carbocycles. The van der Waals surface area contributed by atoms with E-state index >= 15 is 0 Å². The highest BCUT2D eigenvalue weighted by atomic mass is 79.9. The van der Waals surface area contributed by atoms with Crippen molar-refractivity contribution < 1.29 is 9.53 Å². The Morgan fingerprint density at radius 2 is 2.19 bits per heavy atom. The number of hydrogen-bond donors (Lipinski definition) is 2. The first-order valence-electron chi connectivity index (χ1n) is 6.35. The molecule has 0 fully saturated rings. The van der Waals surface area contributed by atoms with Gasteiger partial charge in [-0.25, -0.2) is 0 Å². The Morgan fingerprint density at radius 3 is 2.76 bits per heavy atom. The first-order chi connectivity index (χ1) is 9.92. The van der Waals surface area contributed by atoms with Gasteiger partial charge in [0.15, 0.2) is 0 Å². The van der Waals surface area contributed by atoms with Crippen LogP contribution in [0.3, 0.4) is 0 Å². The predicted molar refractivity (Wildman–Crippen MR) is 85.4 cm³/mol. The maximum atomic E-state index is 12.1. The number of methoxy groups -OCH3 is 1. The Morgan fingerprint density at radius 1 is 1.48 bits per heavy atom. The number of hydrogen-bond acceptors (Lipinski definition) is 4. The standard InChI is InChI=1S/C14H17BrN4O2/c1-8-14(16)9(2)19(18-8)7-13(20)17-10-4-5-11(15)12(6-10)21-3/h4-6H,7,16H2,1-3H3,(H,17,20). The SMILES string of the molecule is COc1cc(NC(=O)Cn2nc(C)c(N)c2C)ccc1Br. The van der Waals surface area contributed by atoms with Crippen LogP contribution >= 0.6 is 15.9 Å². The minimum absolute atomic E-state index is 0.113. The smallest absolute Gasteiger partial charge is 0.246 e. The molecule has 1 heterocycles. The molecule has 2 rings (SSSR count). The van der Waals surface area contributed by atoms with Crippen molar-refractivity contribution in [3.05, 3.63) is 34.1 Å². The molecule has 6 nitrogen and oxygen atoms in total. The lowest BCUT2D eigenvalue weighted by Gasteiger charge is -2.09. The number of nitrogens with zero attached hydrogens (tertiary/aromatic N) is 2. The molecule has 21 heavy (non-hydrogen) atoms. The van der Waals surface area contributed by atoms with Crippen LogP contribution in [-0.4, -0.2) is 22.8 Å². The number of halogens is 1. The van der Waals surface area contributed by atoms with Gasteiger partial charge in [0.05, 0.1) is 28.7 Å². The monoisotopic (exact) mass is 352 g/mol. The highest BCUT2D eigenvalue weighted by Gasteiger charge is 2.12. The number of rotatable bonds is 4. The van der Waals surface area contributed by atoms with Crippen molar-refractivity contribution in [2.75, 3.05) is 18.2 Å². The van der Waals surface area contributed by atoms with Gasteiger partial charge in [0.1, 0.15) is 12.3 Å². The van der Waals surface area contributed by atoms with Gasteiger partial charge in [-0.1, -0.05) is 0 Å². The second-order valence-corrected chi connectivity index (χ2v) is 5.49. The fourth-order valence-electron chi connectivity index (χ4n) is 1.94. The predicted octanol–water partition coefficient (Wildman–Crippen LogP) is 2.49. The number of aryl methyl sites for hydroxylation is 1. The number of amides is 1. The maximum Gasteiger partial charge on any atom is 0.246 e. The number of ether oxygens (including phenoxy) is 1. The third kappa shape index (κ3) is 3.36. The molecule has 0 saturated heterocycles. The minimum Gasteiger partial charge on any atom is -0.495 e. The molecule has 0 aliphatic rings. The number of aromatic nitrogens is 2. The molecule has 0 saturated carbocycles. The van der Waals surface area contributed by atoms with E-state index in [9.17, 15) is 4.79 Å². The normalized spacial score (nSPS) is 10.5. The van der Waals surface area contributed by atoms with Gasteiger partial charge in [-0.2, -0.15) is 5.10 Å². The highest BCUT2D eigenvalue weighted by molar-refractivity contribution is 9.10. The number of nitrogens with two attached hydrogens (primary N) is 1. The van der Waals surface area contributed by atoms with Crippen LogP contribution in [0.25, 0.3) is 0 Å². The van der Waals surface area contributed by atoms with Crippen molar-refractivity contribution in [1.29, 1.82) is 0 Å². The van der Waals surface area contributed by atoms with Gasteiger partial charge in [-0.05, 0) is 41.9 Å². The summed E-state index contributed by atoms with van der Waals surface area (Å²) in [5.74, 6) is 0.480. The fourth-order valence-corrected chi connectivity index (χ4v) is 2.35. The van der Waals surface area contributed by atoms with E-state index in [0.717, 1.165) is 15.9 Å². The van der Waals surface area contributed by atoms with E-state index in [1.54, 1.807) is 23.9 Å². The fraction of sp³-hybridized carbons (Fsp3) is 0.286. The highest BCUT2D eigenvalue weighted by Crippen LogP contribution is 2.27. The molecule has 7 heteroatoms. The molecule has 0 radical (unpaired) electrons. The number of nitrogen functional groups attached to an aromatic ring is 1. The zero-order valence-corrected chi connectivity index (χ0v) is 13.7. The van der Waals surface area contributed by atoms with Gasteiger partial charge in [0, 0.05) is 11.8 Å². The van der Waals surface area contributed by atoms with Gasteiger partial charge in [0.2, 0.25) is 5.91 Å². The lowest BCUT2D eigenvalue weighted by atomic mass is 10.3. The number of benzene rings is 1. The van der Waals surface area contributed by atoms with Crippen molar-refractivity contribution in [1.82, 2.24) is 9.78 Å². The second-order valence-electron chi connectivity index (χ2n) is 4.64. The van der Waals surface area contributed by atoms with Gasteiger partial charge in [0.25, 0.3) is 0 Å². The summed E-state index contributed by atoms with van der Waals surface area (Å²) in [5.41, 5.74) is 8.64. The van der Waals surface area contributed by atoms with E-state index in [-0.39, 0.29) is 12.5 Å². The van der Waals surface area contributed by atoms with E-state index in [1.165, 1.54) is 0 Å². The Balaban J connectivity index is 2.10. The van der Waals surface area contributed by atoms with E-state index in [2.05, 4.69) is 26.3 Å². The minimum atomic E-state index is -0.176. The van der Waals surface area contributed by atoms with Crippen LogP contribution in [0.4, 0.5) is 11.4 Å². The Hall–Kier alpha value is -2.02. The van der Waals surface area contributed by atoms with Gasteiger partial charge in [-0.15, -0.1) is 0 Å².